The van der Waals surface area contributed by atoms with E-state index in [1.807, 2.05) is 66.7 Å². The Labute approximate surface area is 158 Å². The molecule has 0 aliphatic carbocycles. The molecular weight excluding hydrogens is 353 g/mol. The summed E-state index contributed by atoms with van der Waals surface area (Å²) in [5, 5.41) is 4.91. The van der Waals surface area contributed by atoms with Crippen molar-refractivity contribution >= 4 is 23.2 Å². The second-order valence-corrected chi connectivity index (χ2v) is 6.54. The Kier molecular flexibility index (Phi) is 6.35. The summed E-state index contributed by atoms with van der Waals surface area (Å²) in [6.45, 7) is 1.93. The summed E-state index contributed by atoms with van der Waals surface area (Å²) in [5.74, 6) is 0.831. The van der Waals surface area contributed by atoms with E-state index in [9.17, 15) is 0 Å². The molecule has 0 saturated carbocycles. The molecule has 128 valence electrons. The van der Waals surface area contributed by atoms with E-state index in [1.165, 1.54) is 0 Å². The van der Waals surface area contributed by atoms with E-state index in [2.05, 4.69) is 11.4 Å². The third-order valence-electron chi connectivity index (χ3n) is 3.85. The van der Waals surface area contributed by atoms with E-state index in [1.54, 1.807) is 0 Å². The van der Waals surface area contributed by atoms with Crippen molar-refractivity contribution in [3.8, 4) is 5.75 Å². The van der Waals surface area contributed by atoms with E-state index < -0.39 is 0 Å². The highest BCUT2D eigenvalue weighted by atomic mass is 35.5. The molecule has 0 unspecified atom stereocenters. The van der Waals surface area contributed by atoms with Crippen LogP contribution in [0.5, 0.6) is 5.75 Å². The summed E-state index contributed by atoms with van der Waals surface area (Å²) in [4.78, 5) is 0. The molecule has 0 fully saturated rings. The van der Waals surface area contributed by atoms with Crippen molar-refractivity contribution in [2.24, 2.45) is 0 Å². The maximum Gasteiger partial charge on any atom is 0.120 e. The third-order valence-corrected chi connectivity index (χ3v) is 4.59. The van der Waals surface area contributed by atoms with Gasteiger partial charge in [0.25, 0.3) is 0 Å². The smallest absolute Gasteiger partial charge is 0.120 e. The molecule has 0 aromatic heterocycles. The lowest BCUT2D eigenvalue weighted by molar-refractivity contribution is 0.306. The molecule has 0 aliphatic heterocycles. The van der Waals surface area contributed by atoms with Crippen LogP contribution in [0.3, 0.4) is 0 Å². The number of halogens is 2. The van der Waals surface area contributed by atoms with Gasteiger partial charge in [-0.15, -0.1) is 0 Å². The van der Waals surface area contributed by atoms with E-state index in [0.717, 1.165) is 45.6 Å². The third kappa shape index (κ3) is 5.23. The average molecular weight is 372 g/mol. The number of hydrogen-bond acceptors (Lipinski definition) is 2. The van der Waals surface area contributed by atoms with Crippen LogP contribution in [0, 0.1) is 0 Å². The minimum Gasteiger partial charge on any atom is -0.489 e. The molecule has 0 aliphatic rings. The highest BCUT2D eigenvalue weighted by Gasteiger charge is 2.02. The van der Waals surface area contributed by atoms with Crippen LogP contribution in [0.1, 0.15) is 16.7 Å². The monoisotopic (exact) mass is 371 g/mol. The summed E-state index contributed by atoms with van der Waals surface area (Å²) in [7, 11) is 0. The van der Waals surface area contributed by atoms with Gasteiger partial charge in [0, 0.05) is 28.7 Å². The summed E-state index contributed by atoms with van der Waals surface area (Å²) in [5.41, 5.74) is 3.23. The number of hydrogen-bond donors (Lipinski definition) is 1. The Morgan fingerprint density at radius 3 is 2.12 bits per heavy atom. The van der Waals surface area contributed by atoms with Gasteiger partial charge in [-0.1, -0.05) is 71.7 Å². The van der Waals surface area contributed by atoms with Crippen molar-refractivity contribution in [2.75, 3.05) is 0 Å². The lowest BCUT2D eigenvalue weighted by Gasteiger charge is -2.10. The minimum atomic E-state index is 0.455. The van der Waals surface area contributed by atoms with Crippen LogP contribution < -0.4 is 10.1 Å². The van der Waals surface area contributed by atoms with Crippen LogP contribution in [0.25, 0.3) is 0 Å². The van der Waals surface area contributed by atoms with Crippen molar-refractivity contribution in [2.45, 2.75) is 19.7 Å². The minimum absolute atomic E-state index is 0.455. The SMILES string of the molecule is Clc1ccccc1CNCc1cccc(OCc2ccccc2Cl)c1. The van der Waals surface area contributed by atoms with Gasteiger partial charge in [0.15, 0.2) is 0 Å². The van der Waals surface area contributed by atoms with Gasteiger partial charge in [0.2, 0.25) is 0 Å². The van der Waals surface area contributed by atoms with Crippen LogP contribution in [0.2, 0.25) is 10.0 Å². The molecule has 3 aromatic rings. The molecule has 0 atom stereocenters. The maximum atomic E-state index is 6.17. The van der Waals surface area contributed by atoms with Crippen LogP contribution in [0.15, 0.2) is 72.8 Å². The fourth-order valence-corrected chi connectivity index (χ4v) is 2.90. The second-order valence-electron chi connectivity index (χ2n) is 5.72. The Hall–Kier alpha value is -2.00. The molecule has 3 aromatic carbocycles. The fraction of sp³-hybridized carbons (Fsp3) is 0.143. The molecule has 0 heterocycles. The van der Waals surface area contributed by atoms with Crippen molar-refractivity contribution < 1.29 is 4.74 Å². The number of rotatable bonds is 7. The Balaban J connectivity index is 1.54. The molecule has 0 amide bonds. The first-order valence-corrected chi connectivity index (χ1v) is 8.87. The predicted octanol–water partition coefficient (Wildman–Crippen LogP) is 5.86. The fourth-order valence-electron chi connectivity index (χ4n) is 2.51. The van der Waals surface area contributed by atoms with Crippen molar-refractivity contribution in [3.05, 3.63) is 99.5 Å². The van der Waals surface area contributed by atoms with Gasteiger partial charge >= 0.3 is 0 Å². The van der Waals surface area contributed by atoms with Crippen molar-refractivity contribution in [1.82, 2.24) is 5.32 Å². The first kappa shape index (κ1) is 17.8. The normalized spacial score (nSPS) is 10.6. The standard InChI is InChI=1S/C21H19Cl2NO/c22-20-10-3-1-7-17(20)14-24-13-16-6-5-9-19(12-16)25-15-18-8-2-4-11-21(18)23/h1-12,24H,13-15H2. The molecule has 1 N–H and O–H groups in total. The topological polar surface area (TPSA) is 21.3 Å². The van der Waals surface area contributed by atoms with Gasteiger partial charge in [-0.3, -0.25) is 0 Å². The summed E-state index contributed by atoms with van der Waals surface area (Å²) in [6, 6.07) is 23.6. The van der Waals surface area contributed by atoms with Gasteiger partial charge in [-0.05, 0) is 35.4 Å². The van der Waals surface area contributed by atoms with Gasteiger partial charge in [-0.2, -0.15) is 0 Å². The zero-order valence-electron chi connectivity index (χ0n) is 13.7. The first-order valence-electron chi connectivity index (χ1n) is 8.11. The molecular formula is C21H19Cl2NO. The highest BCUT2D eigenvalue weighted by molar-refractivity contribution is 6.31. The average Bonchev–Trinajstić information content (AvgIpc) is 2.63. The molecule has 4 heteroatoms. The van der Waals surface area contributed by atoms with Crippen LogP contribution >= 0.6 is 23.2 Å². The predicted molar refractivity (Wildman–Crippen MR) is 104 cm³/mol. The molecule has 0 spiro atoms. The molecule has 0 saturated heterocycles. The van der Waals surface area contributed by atoms with E-state index >= 15 is 0 Å². The van der Waals surface area contributed by atoms with Gasteiger partial charge < -0.3 is 10.1 Å². The number of nitrogens with one attached hydrogen (secondary N) is 1. The molecule has 25 heavy (non-hydrogen) atoms. The van der Waals surface area contributed by atoms with E-state index in [4.69, 9.17) is 27.9 Å². The van der Waals surface area contributed by atoms with Crippen molar-refractivity contribution in [1.29, 1.82) is 0 Å². The molecule has 0 radical (unpaired) electrons. The number of ether oxygens (including phenoxy) is 1. The molecule has 3 rings (SSSR count). The summed E-state index contributed by atoms with van der Waals surface area (Å²) < 4.78 is 5.86. The largest absolute Gasteiger partial charge is 0.489 e. The maximum absolute atomic E-state index is 6.17. The lowest BCUT2D eigenvalue weighted by atomic mass is 10.2. The van der Waals surface area contributed by atoms with Gasteiger partial charge in [0.05, 0.1) is 0 Å². The van der Waals surface area contributed by atoms with Gasteiger partial charge in [-0.25, -0.2) is 0 Å². The summed E-state index contributed by atoms with van der Waals surface area (Å²) in [6.07, 6.45) is 0. The second kappa shape index (κ2) is 8.91. The van der Waals surface area contributed by atoms with E-state index in [0.29, 0.717) is 6.61 Å². The highest BCUT2D eigenvalue weighted by Crippen LogP contribution is 2.20. The Morgan fingerprint density at radius 1 is 0.720 bits per heavy atom. The number of benzene rings is 3. The molecule has 2 nitrogen and oxygen atoms in total. The zero-order chi connectivity index (χ0) is 17.5. The van der Waals surface area contributed by atoms with Crippen molar-refractivity contribution in [3.63, 3.8) is 0 Å². The van der Waals surface area contributed by atoms with Crippen LogP contribution in [-0.2, 0) is 19.7 Å². The van der Waals surface area contributed by atoms with E-state index in [-0.39, 0.29) is 0 Å². The molecule has 0 bridgehead atoms. The quantitative estimate of drug-likeness (QED) is 0.561. The van der Waals surface area contributed by atoms with Crippen LogP contribution in [-0.4, -0.2) is 0 Å². The zero-order valence-corrected chi connectivity index (χ0v) is 15.2. The Morgan fingerprint density at radius 2 is 1.40 bits per heavy atom. The lowest BCUT2D eigenvalue weighted by Crippen LogP contribution is -2.13. The summed E-state index contributed by atoms with van der Waals surface area (Å²) >= 11 is 12.3. The van der Waals surface area contributed by atoms with Gasteiger partial charge in [0.1, 0.15) is 12.4 Å². The van der Waals surface area contributed by atoms with Crippen LogP contribution in [0.4, 0.5) is 0 Å². The first-order chi connectivity index (χ1) is 12.2. The Bertz CT molecular complexity index is 835.